The summed E-state index contributed by atoms with van der Waals surface area (Å²) < 4.78 is 1.88. The highest BCUT2D eigenvalue weighted by Gasteiger charge is 2.24. The molecule has 4 aromatic rings. The summed E-state index contributed by atoms with van der Waals surface area (Å²) in [6.07, 6.45) is 1.51. The molecule has 0 spiro atoms. The number of carbonyl (C=O) groups excluding carboxylic acids is 1. The van der Waals surface area contributed by atoms with Crippen molar-refractivity contribution in [1.82, 2.24) is 4.57 Å². The number of hydrogen-bond donors (Lipinski definition) is 1. The van der Waals surface area contributed by atoms with Crippen LogP contribution in [0.1, 0.15) is 41.0 Å². The van der Waals surface area contributed by atoms with Gasteiger partial charge in [0, 0.05) is 38.7 Å². The second kappa shape index (κ2) is 10.5. The van der Waals surface area contributed by atoms with Crippen molar-refractivity contribution in [3.05, 3.63) is 115 Å². The normalized spacial score (nSPS) is 10.9. The molecular formula is C29H26Cl2N2O2. The molecule has 0 bridgehead atoms. The molecule has 0 aliphatic heterocycles. The highest BCUT2D eigenvalue weighted by Crippen LogP contribution is 2.31. The Hall–Kier alpha value is -3.34. The molecule has 0 saturated carbocycles. The number of carbonyl (C=O) groups is 1. The van der Waals surface area contributed by atoms with E-state index in [9.17, 15) is 9.59 Å². The van der Waals surface area contributed by atoms with Crippen molar-refractivity contribution < 1.29 is 4.79 Å². The summed E-state index contributed by atoms with van der Waals surface area (Å²) in [5.74, 6) is -0.462. The van der Waals surface area contributed by atoms with Crippen LogP contribution < -0.4 is 10.7 Å². The number of aromatic nitrogens is 1. The lowest BCUT2D eigenvalue weighted by Gasteiger charge is -2.21. The summed E-state index contributed by atoms with van der Waals surface area (Å²) >= 11 is 12.6. The first-order valence-electron chi connectivity index (χ1n) is 11.5. The maximum absolute atomic E-state index is 13.8. The Kier molecular flexibility index (Phi) is 7.44. The Labute approximate surface area is 215 Å². The SMILES string of the molecule is CCc1cccc(CC)c1NC(=O)c1c(-c2cccc(Cl)c2)n(-c2cccc(Cl)c2)c(C)cc1=O. The van der Waals surface area contributed by atoms with Crippen molar-refractivity contribution >= 4 is 34.8 Å². The third kappa shape index (κ3) is 5.04. The summed E-state index contributed by atoms with van der Waals surface area (Å²) in [6, 6.07) is 21.9. The number of hydrogen-bond acceptors (Lipinski definition) is 2. The standard InChI is InChI=1S/C29H26Cl2N2O2/c1-4-19-9-6-10-20(5-2)27(19)32-29(35)26-25(34)15-18(3)33(24-14-8-13-23(31)17-24)28(26)21-11-7-12-22(30)16-21/h6-17H,4-5H2,1-3H3,(H,32,35). The molecule has 1 aromatic heterocycles. The van der Waals surface area contributed by atoms with Gasteiger partial charge in [-0.1, -0.05) is 73.4 Å². The molecule has 178 valence electrons. The van der Waals surface area contributed by atoms with Crippen molar-refractivity contribution in [2.45, 2.75) is 33.6 Å². The first-order valence-corrected chi connectivity index (χ1v) is 12.3. The lowest BCUT2D eigenvalue weighted by molar-refractivity contribution is 0.102. The fourth-order valence-electron chi connectivity index (χ4n) is 4.39. The van der Waals surface area contributed by atoms with Gasteiger partial charge in [-0.2, -0.15) is 0 Å². The number of rotatable bonds is 6. The highest BCUT2D eigenvalue weighted by molar-refractivity contribution is 6.31. The minimum Gasteiger partial charge on any atom is -0.321 e. The van der Waals surface area contributed by atoms with Gasteiger partial charge in [-0.25, -0.2) is 0 Å². The van der Waals surface area contributed by atoms with E-state index in [4.69, 9.17) is 23.2 Å². The zero-order chi connectivity index (χ0) is 25.1. The molecule has 0 saturated heterocycles. The topological polar surface area (TPSA) is 51.1 Å². The Morgan fingerprint density at radius 3 is 2.06 bits per heavy atom. The zero-order valence-corrected chi connectivity index (χ0v) is 21.4. The number of aryl methyl sites for hydroxylation is 3. The van der Waals surface area contributed by atoms with Crippen LogP contribution in [0.3, 0.4) is 0 Å². The van der Waals surface area contributed by atoms with Crippen LogP contribution in [0.4, 0.5) is 5.69 Å². The van der Waals surface area contributed by atoms with Crippen molar-refractivity contribution in [3.8, 4) is 16.9 Å². The van der Waals surface area contributed by atoms with E-state index in [0.29, 0.717) is 27.0 Å². The van der Waals surface area contributed by atoms with Gasteiger partial charge in [0.1, 0.15) is 5.56 Å². The smallest absolute Gasteiger partial charge is 0.261 e. The quantitative estimate of drug-likeness (QED) is 0.295. The average molecular weight is 505 g/mol. The van der Waals surface area contributed by atoms with Gasteiger partial charge in [-0.3, -0.25) is 9.59 Å². The van der Waals surface area contributed by atoms with Crippen molar-refractivity contribution in [3.63, 3.8) is 0 Å². The van der Waals surface area contributed by atoms with Crippen LogP contribution in [-0.4, -0.2) is 10.5 Å². The Balaban J connectivity index is 2.00. The molecule has 0 unspecified atom stereocenters. The van der Waals surface area contributed by atoms with Gasteiger partial charge in [0.15, 0.2) is 5.43 Å². The van der Waals surface area contributed by atoms with E-state index in [1.54, 1.807) is 30.3 Å². The number of nitrogens with zero attached hydrogens (tertiary/aromatic N) is 1. The highest BCUT2D eigenvalue weighted by atomic mass is 35.5. The number of benzene rings is 3. The second-order valence-electron chi connectivity index (χ2n) is 8.31. The molecule has 0 aliphatic rings. The summed E-state index contributed by atoms with van der Waals surface area (Å²) in [4.78, 5) is 27.2. The first-order chi connectivity index (χ1) is 16.8. The van der Waals surface area contributed by atoms with Crippen LogP contribution in [-0.2, 0) is 12.8 Å². The summed E-state index contributed by atoms with van der Waals surface area (Å²) in [5.41, 5.74) is 5.01. The molecule has 1 amide bonds. The monoisotopic (exact) mass is 504 g/mol. The van der Waals surface area contributed by atoms with Gasteiger partial charge in [0.05, 0.1) is 5.69 Å². The number of halogens is 2. The minimum absolute atomic E-state index is 0.0470. The second-order valence-corrected chi connectivity index (χ2v) is 9.18. The van der Waals surface area contributed by atoms with Gasteiger partial charge >= 0.3 is 0 Å². The van der Waals surface area contributed by atoms with Crippen molar-refractivity contribution in [2.75, 3.05) is 5.32 Å². The van der Waals surface area contributed by atoms with Gasteiger partial charge in [0.25, 0.3) is 5.91 Å². The Morgan fingerprint density at radius 1 is 0.857 bits per heavy atom. The molecule has 35 heavy (non-hydrogen) atoms. The van der Waals surface area contributed by atoms with E-state index in [-0.39, 0.29) is 11.0 Å². The van der Waals surface area contributed by atoms with E-state index in [1.807, 2.05) is 61.7 Å². The van der Waals surface area contributed by atoms with Crippen LogP contribution in [0, 0.1) is 6.92 Å². The van der Waals surface area contributed by atoms with E-state index >= 15 is 0 Å². The molecule has 0 atom stereocenters. The van der Waals surface area contributed by atoms with E-state index in [1.165, 1.54) is 6.07 Å². The zero-order valence-electron chi connectivity index (χ0n) is 19.9. The largest absolute Gasteiger partial charge is 0.321 e. The third-order valence-corrected chi connectivity index (χ3v) is 6.50. The fraction of sp³-hybridized carbons (Fsp3) is 0.172. The van der Waals surface area contributed by atoms with Crippen LogP contribution in [0.5, 0.6) is 0 Å². The van der Waals surface area contributed by atoms with Gasteiger partial charge in [-0.05, 0) is 61.2 Å². The van der Waals surface area contributed by atoms with Crippen LogP contribution >= 0.6 is 23.2 Å². The van der Waals surface area contributed by atoms with Gasteiger partial charge in [0.2, 0.25) is 0 Å². The molecule has 4 rings (SSSR count). The molecule has 0 fully saturated rings. The summed E-state index contributed by atoms with van der Waals surface area (Å²) in [5, 5.41) is 4.11. The van der Waals surface area contributed by atoms with E-state index < -0.39 is 5.91 Å². The van der Waals surface area contributed by atoms with Crippen molar-refractivity contribution in [2.24, 2.45) is 0 Å². The minimum atomic E-state index is -0.462. The fourth-order valence-corrected chi connectivity index (χ4v) is 4.76. The number of nitrogens with one attached hydrogen (secondary N) is 1. The Morgan fingerprint density at radius 2 is 1.46 bits per heavy atom. The average Bonchev–Trinajstić information content (AvgIpc) is 2.83. The predicted molar refractivity (Wildman–Crippen MR) is 145 cm³/mol. The number of anilines is 1. The molecule has 6 heteroatoms. The lowest BCUT2D eigenvalue weighted by Crippen LogP contribution is -2.27. The molecule has 1 N–H and O–H groups in total. The lowest BCUT2D eigenvalue weighted by atomic mass is 10.00. The van der Waals surface area contributed by atoms with Gasteiger partial charge < -0.3 is 9.88 Å². The summed E-state index contributed by atoms with van der Waals surface area (Å²) in [7, 11) is 0. The van der Waals surface area contributed by atoms with E-state index in [0.717, 1.165) is 35.3 Å². The number of pyridine rings is 1. The van der Waals surface area contributed by atoms with Crippen LogP contribution in [0.15, 0.2) is 77.6 Å². The van der Waals surface area contributed by atoms with Crippen LogP contribution in [0.25, 0.3) is 16.9 Å². The molecule has 0 aliphatic carbocycles. The number of amides is 1. The van der Waals surface area contributed by atoms with Crippen LogP contribution in [0.2, 0.25) is 10.0 Å². The maximum atomic E-state index is 13.8. The molecule has 3 aromatic carbocycles. The maximum Gasteiger partial charge on any atom is 0.261 e. The third-order valence-electron chi connectivity index (χ3n) is 6.03. The van der Waals surface area contributed by atoms with Crippen molar-refractivity contribution in [1.29, 1.82) is 0 Å². The molecular weight excluding hydrogens is 479 g/mol. The summed E-state index contributed by atoms with van der Waals surface area (Å²) in [6.45, 7) is 5.92. The molecule has 0 radical (unpaired) electrons. The number of para-hydroxylation sites is 1. The molecule has 1 heterocycles. The van der Waals surface area contributed by atoms with Gasteiger partial charge in [-0.15, -0.1) is 0 Å². The first kappa shape index (κ1) is 24.8. The molecule has 4 nitrogen and oxygen atoms in total. The Bertz CT molecular complexity index is 1450. The van der Waals surface area contributed by atoms with E-state index in [2.05, 4.69) is 5.32 Å². The predicted octanol–water partition coefficient (Wildman–Crippen LogP) is 7.50.